The predicted octanol–water partition coefficient (Wildman–Crippen LogP) is 1.29. The number of rotatable bonds is 3. The van der Waals surface area contributed by atoms with E-state index in [-0.39, 0.29) is 5.75 Å². The molecule has 0 atom stereocenters. The number of ether oxygens (including phenoxy) is 1. The summed E-state index contributed by atoms with van der Waals surface area (Å²) in [5, 5.41) is 11.6. The number of phenolic OH excluding ortho intramolecular Hbond substituents is 1. The van der Waals surface area contributed by atoms with Crippen LogP contribution in [0.2, 0.25) is 0 Å². The zero-order chi connectivity index (χ0) is 10.4. The lowest BCUT2D eigenvalue weighted by Gasteiger charge is -2.03. The molecule has 0 fully saturated rings. The number of benzene rings is 1. The normalized spacial score (nSPS) is 9.50. The molecule has 1 amide bonds. The smallest absolute Gasteiger partial charge is 0.406 e. The molecule has 2 N–H and O–H groups in total. The molecule has 1 aromatic rings. The number of nitrogens with one attached hydrogen (secondary N) is 1. The Hall–Kier alpha value is -1.71. The Morgan fingerprint density at radius 1 is 1.43 bits per heavy atom. The Kier molecular flexibility index (Phi) is 3.79. The molecule has 0 aromatic heterocycles. The summed E-state index contributed by atoms with van der Waals surface area (Å²) in [4.78, 5) is 10.7. The molecule has 0 aliphatic rings. The summed E-state index contributed by atoms with van der Waals surface area (Å²) >= 11 is 0. The van der Waals surface area contributed by atoms with Crippen molar-refractivity contribution in [1.29, 1.82) is 0 Å². The lowest BCUT2D eigenvalue weighted by molar-refractivity contribution is 0.171. The minimum Gasteiger partial charge on any atom is -0.508 e. The van der Waals surface area contributed by atoms with Gasteiger partial charge in [0.05, 0.1) is 7.11 Å². The van der Waals surface area contributed by atoms with E-state index in [2.05, 4.69) is 10.1 Å². The topological polar surface area (TPSA) is 58.6 Å². The first-order chi connectivity index (χ1) is 6.72. The van der Waals surface area contributed by atoms with Gasteiger partial charge in [-0.3, -0.25) is 0 Å². The highest BCUT2D eigenvalue weighted by Crippen LogP contribution is 2.09. The van der Waals surface area contributed by atoms with Gasteiger partial charge in [-0.2, -0.15) is 0 Å². The van der Waals surface area contributed by atoms with Crippen LogP contribution in [-0.2, 0) is 11.2 Å². The summed E-state index contributed by atoms with van der Waals surface area (Å²) in [7, 11) is 1.33. The molecule has 0 unspecified atom stereocenters. The van der Waals surface area contributed by atoms with E-state index < -0.39 is 6.09 Å². The van der Waals surface area contributed by atoms with Crippen molar-refractivity contribution in [3.8, 4) is 5.75 Å². The Balaban J connectivity index is 2.31. The first-order valence-corrected chi connectivity index (χ1v) is 4.32. The molecule has 0 aliphatic heterocycles. The van der Waals surface area contributed by atoms with Gasteiger partial charge >= 0.3 is 6.09 Å². The van der Waals surface area contributed by atoms with Crippen LogP contribution in [0.25, 0.3) is 0 Å². The monoisotopic (exact) mass is 195 g/mol. The van der Waals surface area contributed by atoms with Crippen LogP contribution in [0.4, 0.5) is 4.79 Å². The number of alkyl carbamates (subject to hydrolysis) is 1. The van der Waals surface area contributed by atoms with Crippen LogP contribution in [0, 0.1) is 0 Å². The fourth-order valence-corrected chi connectivity index (χ4v) is 1.04. The second-order valence-electron chi connectivity index (χ2n) is 2.83. The van der Waals surface area contributed by atoms with Gasteiger partial charge in [-0.25, -0.2) is 4.79 Å². The Bertz CT molecular complexity index is 295. The number of hydrogen-bond acceptors (Lipinski definition) is 3. The maximum Gasteiger partial charge on any atom is 0.406 e. The molecule has 1 rings (SSSR count). The molecule has 76 valence electrons. The number of aromatic hydroxyl groups is 1. The Morgan fingerprint density at radius 3 is 2.64 bits per heavy atom. The largest absolute Gasteiger partial charge is 0.508 e. The number of hydrogen-bond donors (Lipinski definition) is 2. The van der Waals surface area contributed by atoms with Gasteiger partial charge in [0, 0.05) is 6.54 Å². The number of carbonyl (C=O) groups excluding carboxylic acids is 1. The summed E-state index contributed by atoms with van der Waals surface area (Å²) in [6.07, 6.45) is 0.291. The maximum absolute atomic E-state index is 10.7. The number of carbonyl (C=O) groups is 1. The minimum atomic E-state index is -0.427. The molecule has 4 heteroatoms. The van der Waals surface area contributed by atoms with E-state index in [1.54, 1.807) is 12.1 Å². The highest BCUT2D eigenvalue weighted by Gasteiger charge is 1.97. The Labute approximate surface area is 82.5 Å². The standard InChI is InChI=1S/C10H13NO3/c1-14-10(13)11-7-6-8-2-4-9(12)5-3-8/h2-5,12H,6-7H2,1H3,(H,11,13). The van der Waals surface area contributed by atoms with Crippen molar-refractivity contribution < 1.29 is 14.6 Å². The van der Waals surface area contributed by atoms with E-state index in [4.69, 9.17) is 5.11 Å². The molecule has 0 heterocycles. The van der Waals surface area contributed by atoms with Gasteiger partial charge in [-0.1, -0.05) is 12.1 Å². The van der Waals surface area contributed by atoms with E-state index in [9.17, 15) is 4.79 Å². The van der Waals surface area contributed by atoms with Crippen molar-refractivity contribution in [1.82, 2.24) is 5.32 Å². The molecule has 0 bridgehead atoms. The first kappa shape index (κ1) is 10.4. The minimum absolute atomic E-state index is 0.245. The zero-order valence-corrected chi connectivity index (χ0v) is 7.99. The summed E-state index contributed by atoms with van der Waals surface area (Å²) < 4.78 is 4.42. The molecule has 0 radical (unpaired) electrons. The van der Waals surface area contributed by atoms with Gasteiger partial charge < -0.3 is 15.2 Å². The van der Waals surface area contributed by atoms with E-state index in [1.807, 2.05) is 12.1 Å². The van der Waals surface area contributed by atoms with Crippen LogP contribution >= 0.6 is 0 Å². The zero-order valence-electron chi connectivity index (χ0n) is 7.99. The van der Waals surface area contributed by atoms with Crippen LogP contribution in [0.15, 0.2) is 24.3 Å². The van der Waals surface area contributed by atoms with Crippen molar-refractivity contribution >= 4 is 6.09 Å². The third-order valence-electron chi connectivity index (χ3n) is 1.80. The molecule has 14 heavy (non-hydrogen) atoms. The SMILES string of the molecule is COC(=O)NCCc1ccc(O)cc1. The van der Waals surface area contributed by atoms with Crippen molar-refractivity contribution in [3.63, 3.8) is 0 Å². The fraction of sp³-hybridized carbons (Fsp3) is 0.300. The van der Waals surface area contributed by atoms with Crippen molar-refractivity contribution in [2.75, 3.05) is 13.7 Å². The summed E-state index contributed by atoms with van der Waals surface area (Å²) in [5.41, 5.74) is 1.05. The molecular formula is C10H13NO3. The van der Waals surface area contributed by atoms with Gasteiger partial charge in [0.1, 0.15) is 5.75 Å². The van der Waals surface area contributed by atoms with Gasteiger partial charge in [0.15, 0.2) is 0 Å². The average Bonchev–Trinajstić information content (AvgIpc) is 2.21. The first-order valence-electron chi connectivity index (χ1n) is 4.32. The molecular weight excluding hydrogens is 182 g/mol. The highest BCUT2D eigenvalue weighted by molar-refractivity contribution is 5.66. The quantitative estimate of drug-likeness (QED) is 0.764. The molecule has 4 nitrogen and oxygen atoms in total. The lowest BCUT2D eigenvalue weighted by atomic mass is 10.1. The van der Waals surface area contributed by atoms with Crippen LogP contribution < -0.4 is 5.32 Å². The average molecular weight is 195 g/mol. The number of amides is 1. The predicted molar refractivity (Wildman–Crippen MR) is 52.2 cm³/mol. The third kappa shape index (κ3) is 3.35. The van der Waals surface area contributed by atoms with E-state index in [0.717, 1.165) is 12.0 Å². The van der Waals surface area contributed by atoms with Gasteiger partial charge in [0.25, 0.3) is 0 Å². The molecule has 0 saturated carbocycles. The van der Waals surface area contributed by atoms with Crippen molar-refractivity contribution in [2.45, 2.75) is 6.42 Å². The summed E-state index contributed by atoms with van der Waals surface area (Å²) in [6.45, 7) is 0.525. The summed E-state index contributed by atoms with van der Waals surface area (Å²) in [6, 6.07) is 6.86. The van der Waals surface area contributed by atoms with Crippen LogP contribution in [-0.4, -0.2) is 24.9 Å². The maximum atomic E-state index is 10.7. The van der Waals surface area contributed by atoms with E-state index >= 15 is 0 Å². The van der Waals surface area contributed by atoms with Crippen LogP contribution in [0.5, 0.6) is 5.75 Å². The van der Waals surface area contributed by atoms with E-state index in [0.29, 0.717) is 6.54 Å². The van der Waals surface area contributed by atoms with Crippen molar-refractivity contribution in [3.05, 3.63) is 29.8 Å². The summed E-state index contributed by atoms with van der Waals surface area (Å²) in [5.74, 6) is 0.245. The van der Waals surface area contributed by atoms with Gasteiger partial charge in [-0.15, -0.1) is 0 Å². The van der Waals surface area contributed by atoms with Crippen LogP contribution in [0.1, 0.15) is 5.56 Å². The number of methoxy groups -OCH3 is 1. The highest BCUT2D eigenvalue weighted by atomic mass is 16.5. The van der Waals surface area contributed by atoms with Gasteiger partial charge in [-0.05, 0) is 24.1 Å². The lowest BCUT2D eigenvalue weighted by Crippen LogP contribution is -2.25. The molecule has 0 aliphatic carbocycles. The molecule has 1 aromatic carbocycles. The molecule has 0 saturated heterocycles. The second kappa shape index (κ2) is 5.11. The van der Waals surface area contributed by atoms with Gasteiger partial charge in [0.2, 0.25) is 0 Å². The Morgan fingerprint density at radius 2 is 2.07 bits per heavy atom. The molecule has 0 spiro atoms. The van der Waals surface area contributed by atoms with Crippen LogP contribution in [0.3, 0.4) is 0 Å². The van der Waals surface area contributed by atoms with Crippen molar-refractivity contribution in [2.24, 2.45) is 0 Å². The third-order valence-corrected chi connectivity index (χ3v) is 1.80. The fourth-order valence-electron chi connectivity index (χ4n) is 1.04. The second-order valence-corrected chi connectivity index (χ2v) is 2.83. The van der Waals surface area contributed by atoms with E-state index in [1.165, 1.54) is 7.11 Å². The number of phenols is 1.